The zero-order chi connectivity index (χ0) is 11.9. The Morgan fingerprint density at radius 1 is 1.20 bits per heavy atom. The molecule has 0 aromatic carbocycles. The van der Waals surface area contributed by atoms with Gasteiger partial charge in [-0.15, -0.1) is 0 Å². The maximum absolute atomic E-state index is 11.8. The molecule has 0 heterocycles. The monoisotopic (exact) mass is 213 g/mol. The average Bonchev–Trinajstić information content (AvgIpc) is 2.17. The molecule has 0 saturated heterocycles. The van der Waals surface area contributed by atoms with Crippen LogP contribution in [-0.4, -0.2) is 12.3 Å². The fourth-order valence-electron chi connectivity index (χ4n) is 1.93. The van der Waals surface area contributed by atoms with Gasteiger partial charge in [-0.25, -0.2) is 0 Å². The number of carbonyl (C=O) groups excluding carboxylic acids is 1. The van der Waals surface area contributed by atoms with Gasteiger partial charge in [-0.05, 0) is 37.6 Å². The van der Waals surface area contributed by atoms with Crippen molar-refractivity contribution >= 4 is 5.78 Å². The summed E-state index contributed by atoms with van der Waals surface area (Å²) in [4.78, 5) is 11.8. The molecular weight excluding hydrogens is 186 g/mol. The number of Topliss-reactive ketones (excluding diaryl/α,β-unsaturated/α-hetero) is 1. The molecular formula is C13H27NO. The zero-order valence-corrected chi connectivity index (χ0v) is 10.8. The Kier molecular flexibility index (Phi) is 6.82. The molecule has 0 radical (unpaired) electrons. The van der Waals surface area contributed by atoms with Crippen molar-refractivity contribution in [1.29, 1.82) is 0 Å². The van der Waals surface area contributed by atoms with Gasteiger partial charge in [0.05, 0.1) is 0 Å². The first-order valence-electron chi connectivity index (χ1n) is 6.19. The Morgan fingerprint density at radius 3 is 2.13 bits per heavy atom. The lowest BCUT2D eigenvalue weighted by molar-refractivity contribution is -0.123. The van der Waals surface area contributed by atoms with Crippen molar-refractivity contribution in [1.82, 2.24) is 0 Å². The highest BCUT2D eigenvalue weighted by atomic mass is 16.1. The molecule has 2 heteroatoms. The molecule has 90 valence electrons. The van der Waals surface area contributed by atoms with Crippen LogP contribution in [0.5, 0.6) is 0 Å². The molecule has 0 bridgehead atoms. The van der Waals surface area contributed by atoms with Gasteiger partial charge in [-0.1, -0.05) is 27.7 Å². The van der Waals surface area contributed by atoms with Crippen LogP contribution in [0.15, 0.2) is 0 Å². The van der Waals surface area contributed by atoms with Crippen molar-refractivity contribution in [3.8, 4) is 0 Å². The minimum Gasteiger partial charge on any atom is -0.330 e. The molecule has 0 aliphatic carbocycles. The van der Waals surface area contributed by atoms with Crippen LogP contribution in [0, 0.1) is 11.3 Å². The minimum atomic E-state index is 0.219. The summed E-state index contributed by atoms with van der Waals surface area (Å²) in [5, 5.41) is 0. The zero-order valence-electron chi connectivity index (χ0n) is 10.8. The van der Waals surface area contributed by atoms with Crippen molar-refractivity contribution in [2.75, 3.05) is 6.54 Å². The van der Waals surface area contributed by atoms with Gasteiger partial charge >= 0.3 is 0 Å². The number of hydrogen-bond donors (Lipinski definition) is 1. The fourth-order valence-corrected chi connectivity index (χ4v) is 1.93. The maximum Gasteiger partial charge on any atom is 0.135 e. The lowest BCUT2D eigenvalue weighted by Crippen LogP contribution is -2.20. The number of nitrogens with two attached hydrogens (primary N) is 1. The SMILES string of the molecule is CCC(CC)C(=O)CCC(C)(C)CCN. The van der Waals surface area contributed by atoms with Crippen molar-refractivity contribution < 1.29 is 4.79 Å². The van der Waals surface area contributed by atoms with E-state index in [-0.39, 0.29) is 11.3 Å². The van der Waals surface area contributed by atoms with Crippen LogP contribution in [0.3, 0.4) is 0 Å². The first kappa shape index (κ1) is 14.6. The van der Waals surface area contributed by atoms with E-state index < -0.39 is 0 Å². The number of carbonyl (C=O) groups is 1. The van der Waals surface area contributed by atoms with E-state index in [9.17, 15) is 4.79 Å². The van der Waals surface area contributed by atoms with Crippen LogP contribution in [0.25, 0.3) is 0 Å². The second kappa shape index (κ2) is 7.00. The van der Waals surface area contributed by atoms with E-state index in [0.717, 1.165) is 32.1 Å². The van der Waals surface area contributed by atoms with E-state index in [2.05, 4.69) is 27.7 Å². The normalized spacial score (nSPS) is 12.1. The summed E-state index contributed by atoms with van der Waals surface area (Å²) in [6, 6.07) is 0. The Labute approximate surface area is 94.6 Å². The summed E-state index contributed by atoms with van der Waals surface area (Å²) in [6.45, 7) is 9.29. The molecule has 2 N–H and O–H groups in total. The fraction of sp³-hybridized carbons (Fsp3) is 0.923. The van der Waals surface area contributed by atoms with E-state index in [4.69, 9.17) is 5.73 Å². The van der Waals surface area contributed by atoms with E-state index >= 15 is 0 Å². The van der Waals surface area contributed by atoms with E-state index in [1.807, 2.05) is 0 Å². The van der Waals surface area contributed by atoms with Crippen LogP contribution in [-0.2, 0) is 4.79 Å². The Balaban J connectivity index is 3.98. The summed E-state index contributed by atoms with van der Waals surface area (Å²) in [7, 11) is 0. The van der Waals surface area contributed by atoms with Gasteiger partial charge in [0.1, 0.15) is 5.78 Å². The van der Waals surface area contributed by atoms with Crippen molar-refractivity contribution in [3.05, 3.63) is 0 Å². The summed E-state index contributed by atoms with van der Waals surface area (Å²) in [5.41, 5.74) is 5.77. The van der Waals surface area contributed by atoms with Crippen LogP contribution < -0.4 is 5.73 Å². The van der Waals surface area contributed by atoms with Crippen LogP contribution in [0.1, 0.15) is 59.8 Å². The highest BCUT2D eigenvalue weighted by Crippen LogP contribution is 2.27. The molecule has 0 fully saturated rings. The van der Waals surface area contributed by atoms with Crippen molar-refractivity contribution in [3.63, 3.8) is 0 Å². The molecule has 15 heavy (non-hydrogen) atoms. The van der Waals surface area contributed by atoms with Crippen molar-refractivity contribution in [2.24, 2.45) is 17.1 Å². The molecule has 0 unspecified atom stereocenters. The quantitative estimate of drug-likeness (QED) is 0.673. The van der Waals surface area contributed by atoms with Gasteiger partial charge < -0.3 is 5.73 Å². The highest BCUT2D eigenvalue weighted by molar-refractivity contribution is 5.80. The van der Waals surface area contributed by atoms with Crippen LogP contribution >= 0.6 is 0 Å². The first-order valence-corrected chi connectivity index (χ1v) is 6.19. The topological polar surface area (TPSA) is 43.1 Å². The molecule has 0 atom stereocenters. The number of rotatable bonds is 8. The predicted octanol–water partition coefficient (Wildman–Crippen LogP) is 3.15. The third-order valence-corrected chi connectivity index (χ3v) is 3.31. The highest BCUT2D eigenvalue weighted by Gasteiger charge is 2.21. The second-order valence-corrected chi connectivity index (χ2v) is 5.18. The second-order valence-electron chi connectivity index (χ2n) is 5.18. The molecule has 0 saturated carbocycles. The van der Waals surface area contributed by atoms with Gasteiger partial charge in [0.2, 0.25) is 0 Å². The molecule has 0 aromatic heterocycles. The smallest absolute Gasteiger partial charge is 0.135 e. The van der Waals surface area contributed by atoms with Crippen LogP contribution in [0.4, 0.5) is 0 Å². The third kappa shape index (κ3) is 5.93. The summed E-state index contributed by atoms with van der Waals surface area (Å²) >= 11 is 0. The van der Waals surface area contributed by atoms with E-state index in [1.54, 1.807) is 0 Å². The summed E-state index contributed by atoms with van der Waals surface area (Å²) in [6.07, 6.45) is 4.65. The molecule has 0 aliphatic rings. The van der Waals surface area contributed by atoms with Gasteiger partial charge in [0.15, 0.2) is 0 Å². The molecule has 2 nitrogen and oxygen atoms in total. The van der Waals surface area contributed by atoms with Gasteiger partial charge in [0.25, 0.3) is 0 Å². The molecule has 0 spiro atoms. The Bertz CT molecular complexity index is 183. The summed E-state index contributed by atoms with van der Waals surface area (Å²) < 4.78 is 0. The molecule has 0 rings (SSSR count). The first-order chi connectivity index (χ1) is 6.96. The lowest BCUT2D eigenvalue weighted by Gasteiger charge is -2.24. The van der Waals surface area contributed by atoms with Gasteiger partial charge in [-0.2, -0.15) is 0 Å². The van der Waals surface area contributed by atoms with E-state index in [0.29, 0.717) is 12.3 Å². The minimum absolute atomic E-state index is 0.219. The molecule has 0 amide bonds. The third-order valence-electron chi connectivity index (χ3n) is 3.31. The van der Waals surface area contributed by atoms with E-state index in [1.165, 1.54) is 0 Å². The maximum atomic E-state index is 11.8. The lowest BCUT2D eigenvalue weighted by atomic mass is 9.82. The Hall–Kier alpha value is -0.370. The van der Waals surface area contributed by atoms with Gasteiger partial charge in [0, 0.05) is 12.3 Å². The Morgan fingerprint density at radius 2 is 1.73 bits per heavy atom. The number of ketones is 1. The summed E-state index contributed by atoms with van der Waals surface area (Å²) in [5.74, 6) is 0.712. The predicted molar refractivity (Wildman–Crippen MR) is 65.8 cm³/mol. The average molecular weight is 213 g/mol. The largest absolute Gasteiger partial charge is 0.330 e. The van der Waals surface area contributed by atoms with Crippen molar-refractivity contribution in [2.45, 2.75) is 59.8 Å². The van der Waals surface area contributed by atoms with Gasteiger partial charge in [-0.3, -0.25) is 4.79 Å². The standard InChI is InChI=1S/C13H27NO/c1-5-11(6-2)12(15)7-8-13(3,4)9-10-14/h11H,5-10,14H2,1-4H3. The van der Waals surface area contributed by atoms with Crippen LogP contribution in [0.2, 0.25) is 0 Å². The molecule has 0 aliphatic heterocycles. The number of hydrogen-bond acceptors (Lipinski definition) is 2. The molecule has 0 aromatic rings.